The zero-order valence-electron chi connectivity index (χ0n) is 16.2. The molecule has 1 fully saturated rings. The monoisotopic (exact) mass is 380 g/mol. The Morgan fingerprint density at radius 2 is 2.11 bits per heavy atom. The average molecular weight is 380 g/mol. The molecule has 0 N–H and O–H groups in total. The second kappa shape index (κ2) is 7.88. The molecule has 0 bridgehead atoms. The van der Waals surface area contributed by atoms with Crippen molar-refractivity contribution in [3.63, 3.8) is 0 Å². The molecular weight excluding hydrogens is 356 g/mol. The van der Waals surface area contributed by atoms with Gasteiger partial charge in [0.15, 0.2) is 17.1 Å². The van der Waals surface area contributed by atoms with E-state index in [4.69, 9.17) is 9.47 Å². The summed E-state index contributed by atoms with van der Waals surface area (Å²) in [6.07, 6.45) is 3.90. The SMILES string of the molecule is CCOc1ccc(C(=O)N2CCC[C@@H](c3nnc4ccccn34)C2)cc1OC. The third-order valence-corrected chi connectivity index (χ3v) is 5.12. The number of pyridine rings is 1. The molecule has 7 nitrogen and oxygen atoms in total. The third-order valence-electron chi connectivity index (χ3n) is 5.12. The highest BCUT2D eigenvalue weighted by atomic mass is 16.5. The normalized spacial score (nSPS) is 16.9. The van der Waals surface area contributed by atoms with E-state index in [0.717, 1.165) is 30.9 Å². The van der Waals surface area contributed by atoms with Crippen molar-refractivity contribution >= 4 is 11.6 Å². The fourth-order valence-electron chi connectivity index (χ4n) is 3.77. The summed E-state index contributed by atoms with van der Waals surface area (Å²) in [5.74, 6) is 2.30. The molecule has 4 rings (SSSR count). The second-order valence-corrected chi connectivity index (χ2v) is 6.88. The number of hydrogen-bond acceptors (Lipinski definition) is 5. The first-order valence-electron chi connectivity index (χ1n) is 9.61. The van der Waals surface area contributed by atoms with E-state index >= 15 is 0 Å². The first-order valence-corrected chi connectivity index (χ1v) is 9.61. The largest absolute Gasteiger partial charge is 0.493 e. The average Bonchev–Trinajstić information content (AvgIpc) is 3.18. The maximum Gasteiger partial charge on any atom is 0.254 e. The van der Waals surface area contributed by atoms with Crippen molar-refractivity contribution in [3.8, 4) is 11.5 Å². The van der Waals surface area contributed by atoms with Gasteiger partial charge in [0.2, 0.25) is 0 Å². The van der Waals surface area contributed by atoms with Crippen molar-refractivity contribution in [2.24, 2.45) is 0 Å². The number of carbonyl (C=O) groups excluding carboxylic acids is 1. The molecule has 1 atom stereocenters. The maximum absolute atomic E-state index is 13.1. The number of aromatic nitrogens is 3. The van der Waals surface area contributed by atoms with Crippen LogP contribution in [0, 0.1) is 0 Å². The number of ether oxygens (including phenoxy) is 2. The van der Waals surface area contributed by atoms with Crippen LogP contribution in [-0.4, -0.2) is 52.2 Å². The van der Waals surface area contributed by atoms with Crippen LogP contribution in [-0.2, 0) is 0 Å². The fourth-order valence-corrected chi connectivity index (χ4v) is 3.77. The summed E-state index contributed by atoms with van der Waals surface area (Å²) in [6.45, 7) is 3.83. The highest BCUT2D eigenvalue weighted by molar-refractivity contribution is 5.95. The molecule has 3 heterocycles. The molecule has 146 valence electrons. The van der Waals surface area contributed by atoms with Gasteiger partial charge in [-0.1, -0.05) is 6.07 Å². The molecule has 1 aromatic carbocycles. The zero-order valence-corrected chi connectivity index (χ0v) is 16.2. The van der Waals surface area contributed by atoms with Crippen LogP contribution >= 0.6 is 0 Å². The summed E-state index contributed by atoms with van der Waals surface area (Å²) >= 11 is 0. The fraction of sp³-hybridized carbons (Fsp3) is 0.381. The van der Waals surface area contributed by atoms with Gasteiger partial charge in [0.05, 0.1) is 13.7 Å². The summed E-state index contributed by atoms with van der Waals surface area (Å²) in [6, 6.07) is 11.2. The van der Waals surface area contributed by atoms with Gasteiger partial charge < -0.3 is 14.4 Å². The lowest BCUT2D eigenvalue weighted by Gasteiger charge is -2.32. The number of piperidine rings is 1. The van der Waals surface area contributed by atoms with Crippen LogP contribution in [0.25, 0.3) is 5.65 Å². The molecule has 2 aromatic heterocycles. The van der Waals surface area contributed by atoms with E-state index in [-0.39, 0.29) is 11.8 Å². The lowest BCUT2D eigenvalue weighted by Crippen LogP contribution is -2.39. The number of benzene rings is 1. The molecule has 0 unspecified atom stereocenters. The summed E-state index contributed by atoms with van der Waals surface area (Å²) in [5.41, 5.74) is 1.43. The van der Waals surface area contributed by atoms with E-state index in [1.54, 1.807) is 25.3 Å². The molecule has 3 aromatic rings. The Kier molecular flexibility index (Phi) is 5.14. The number of carbonyl (C=O) groups is 1. The number of methoxy groups -OCH3 is 1. The van der Waals surface area contributed by atoms with Gasteiger partial charge in [-0.2, -0.15) is 0 Å². The van der Waals surface area contributed by atoms with Crippen LogP contribution < -0.4 is 9.47 Å². The van der Waals surface area contributed by atoms with Crippen LogP contribution in [0.15, 0.2) is 42.6 Å². The van der Waals surface area contributed by atoms with Crippen molar-refractivity contribution in [2.75, 3.05) is 26.8 Å². The zero-order chi connectivity index (χ0) is 19.5. The molecule has 0 saturated carbocycles. The molecule has 0 spiro atoms. The van der Waals surface area contributed by atoms with Crippen LogP contribution in [0.3, 0.4) is 0 Å². The van der Waals surface area contributed by atoms with Gasteiger partial charge in [-0.05, 0) is 50.1 Å². The van der Waals surface area contributed by atoms with E-state index in [1.807, 2.05) is 40.6 Å². The van der Waals surface area contributed by atoms with E-state index in [0.29, 0.717) is 30.2 Å². The minimum absolute atomic E-state index is 0.000121. The van der Waals surface area contributed by atoms with Crippen molar-refractivity contribution in [1.82, 2.24) is 19.5 Å². The van der Waals surface area contributed by atoms with E-state index in [1.165, 1.54) is 0 Å². The van der Waals surface area contributed by atoms with Gasteiger partial charge in [0.25, 0.3) is 5.91 Å². The van der Waals surface area contributed by atoms with Gasteiger partial charge in [-0.3, -0.25) is 9.20 Å². The Hall–Kier alpha value is -3.09. The molecular formula is C21H24N4O3. The van der Waals surface area contributed by atoms with Crippen molar-refractivity contribution in [1.29, 1.82) is 0 Å². The number of amides is 1. The number of hydrogen-bond donors (Lipinski definition) is 0. The highest BCUT2D eigenvalue weighted by Crippen LogP contribution is 2.31. The standard InChI is InChI=1S/C21H24N4O3/c1-3-28-17-10-9-15(13-18(17)27-2)21(26)24-11-6-7-16(14-24)20-23-22-19-8-4-5-12-25(19)20/h4-5,8-10,12-13,16H,3,6-7,11,14H2,1-2H3/t16-/m1/s1. The Morgan fingerprint density at radius 3 is 2.93 bits per heavy atom. The second-order valence-electron chi connectivity index (χ2n) is 6.88. The number of likely N-dealkylation sites (tertiary alicyclic amines) is 1. The van der Waals surface area contributed by atoms with Gasteiger partial charge in [0, 0.05) is 30.8 Å². The topological polar surface area (TPSA) is 69.0 Å². The summed E-state index contributed by atoms with van der Waals surface area (Å²) in [5, 5.41) is 8.63. The summed E-state index contributed by atoms with van der Waals surface area (Å²) in [7, 11) is 1.58. The molecule has 0 aliphatic carbocycles. The molecule has 1 amide bonds. The molecule has 1 aliphatic rings. The number of fused-ring (bicyclic) bond motifs is 1. The van der Waals surface area contributed by atoms with E-state index in [9.17, 15) is 4.79 Å². The van der Waals surface area contributed by atoms with Gasteiger partial charge >= 0.3 is 0 Å². The first-order chi connectivity index (χ1) is 13.7. The van der Waals surface area contributed by atoms with Crippen molar-refractivity contribution in [2.45, 2.75) is 25.7 Å². The smallest absolute Gasteiger partial charge is 0.254 e. The first kappa shape index (κ1) is 18.3. The highest BCUT2D eigenvalue weighted by Gasteiger charge is 2.28. The quantitative estimate of drug-likeness (QED) is 0.680. The van der Waals surface area contributed by atoms with Crippen LogP contribution in [0.5, 0.6) is 11.5 Å². The Labute approximate surface area is 163 Å². The minimum atomic E-state index is -0.000121. The van der Waals surface area contributed by atoms with E-state index < -0.39 is 0 Å². The van der Waals surface area contributed by atoms with E-state index in [2.05, 4.69) is 10.2 Å². The number of nitrogens with zero attached hydrogens (tertiary/aromatic N) is 4. The minimum Gasteiger partial charge on any atom is -0.493 e. The summed E-state index contributed by atoms with van der Waals surface area (Å²) < 4.78 is 12.9. The lowest BCUT2D eigenvalue weighted by atomic mass is 9.96. The molecule has 7 heteroatoms. The van der Waals surface area contributed by atoms with Crippen LogP contribution in [0.1, 0.15) is 41.9 Å². The molecule has 0 radical (unpaired) electrons. The molecule has 28 heavy (non-hydrogen) atoms. The van der Waals surface area contributed by atoms with Crippen molar-refractivity contribution < 1.29 is 14.3 Å². The molecule has 1 aliphatic heterocycles. The van der Waals surface area contributed by atoms with Crippen LogP contribution in [0.4, 0.5) is 0 Å². The lowest BCUT2D eigenvalue weighted by molar-refractivity contribution is 0.0703. The third kappa shape index (κ3) is 3.40. The van der Waals surface area contributed by atoms with Crippen molar-refractivity contribution in [3.05, 3.63) is 54.0 Å². The predicted octanol–water partition coefficient (Wildman–Crippen LogP) is 3.16. The molecule has 1 saturated heterocycles. The Balaban J connectivity index is 1.55. The summed E-state index contributed by atoms with van der Waals surface area (Å²) in [4.78, 5) is 15.0. The van der Waals surface area contributed by atoms with Crippen LogP contribution in [0.2, 0.25) is 0 Å². The Morgan fingerprint density at radius 1 is 1.21 bits per heavy atom. The number of rotatable bonds is 5. The predicted molar refractivity (Wildman–Crippen MR) is 105 cm³/mol. The van der Waals surface area contributed by atoms with Gasteiger partial charge in [0.1, 0.15) is 5.82 Å². The maximum atomic E-state index is 13.1. The Bertz CT molecular complexity index is 985. The van der Waals surface area contributed by atoms with Gasteiger partial charge in [-0.15, -0.1) is 10.2 Å². The van der Waals surface area contributed by atoms with Gasteiger partial charge in [-0.25, -0.2) is 0 Å².